The first-order chi connectivity index (χ1) is 10.3. The van der Waals surface area contributed by atoms with Gasteiger partial charge in [-0.05, 0) is 30.6 Å². The minimum atomic E-state index is -1.38. The summed E-state index contributed by atoms with van der Waals surface area (Å²) in [6.45, 7) is 6.06. The molecule has 2 fully saturated rings. The molecule has 4 N–H and O–H groups in total. The number of aliphatic hydroxyl groups is 4. The zero-order valence-corrected chi connectivity index (χ0v) is 13.6. The monoisotopic (exact) mass is 318 g/mol. The number of ether oxygens (including phenoxy) is 2. The fourth-order valence-electron chi connectivity index (χ4n) is 3.62. The van der Waals surface area contributed by atoms with Gasteiger partial charge in [0.1, 0.15) is 24.4 Å². The SMILES string of the molecule is CC1CCC(C(C)C)C(O[C@H]2O[C@H](CO)[C@@H](O)[C@H](O)[C@H]2O)C1. The smallest absolute Gasteiger partial charge is 0.186 e. The zero-order valence-electron chi connectivity index (χ0n) is 13.6. The van der Waals surface area contributed by atoms with E-state index in [0.29, 0.717) is 17.8 Å². The summed E-state index contributed by atoms with van der Waals surface area (Å²) in [4.78, 5) is 0. The standard InChI is InChI=1S/C16H30O6/c1-8(2)10-5-4-9(3)6-11(10)21-16-15(20)14(19)13(18)12(7-17)22-16/h8-20H,4-7H2,1-3H3/t9?,10?,11?,12-,13-,14+,15-,16+/m1/s1. The Morgan fingerprint density at radius 2 is 1.77 bits per heavy atom. The van der Waals surface area contributed by atoms with E-state index >= 15 is 0 Å². The summed E-state index contributed by atoms with van der Waals surface area (Å²) in [7, 11) is 0. The molecular weight excluding hydrogens is 288 g/mol. The maximum absolute atomic E-state index is 10.1. The van der Waals surface area contributed by atoms with Crippen molar-refractivity contribution in [2.75, 3.05) is 6.61 Å². The Bertz CT molecular complexity index is 348. The number of aliphatic hydroxyl groups excluding tert-OH is 4. The molecule has 1 aliphatic heterocycles. The highest BCUT2D eigenvalue weighted by molar-refractivity contribution is 4.90. The van der Waals surface area contributed by atoms with Crippen molar-refractivity contribution < 1.29 is 29.9 Å². The van der Waals surface area contributed by atoms with Gasteiger partial charge in [-0.1, -0.05) is 27.2 Å². The Morgan fingerprint density at radius 3 is 2.36 bits per heavy atom. The molecular formula is C16H30O6. The summed E-state index contributed by atoms with van der Waals surface area (Å²) in [6, 6.07) is 0. The molecule has 1 heterocycles. The van der Waals surface area contributed by atoms with Gasteiger partial charge in [0, 0.05) is 0 Å². The van der Waals surface area contributed by atoms with Crippen molar-refractivity contribution in [1.29, 1.82) is 0 Å². The van der Waals surface area contributed by atoms with Gasteiger partial charge in [-0.2, -0.15) is 0 Å². The predicted molar refractivity (Wildman–Crippen MR) is 80.0 cm³/mol. The van der Waals surface area contributed by atoms with Gasteiger partial charge in [-0.3, -0.25) is 0 Å². The zero-order chi connectivity index (χ0) is 16.4. The second-order valence-corrected chi connectivity index (χ2v) is 7.20. The Balaban J connectivity index is 2.06. The molecule has 1 saturated heterocycles. The molecule has 6 heteroatoms. The normalized spacial score (nSPS) is 46.9. The van der Waals surface area contributed by atoms with E-state index in [2.05, 4.69) is 20.8 Å². The van der Waals surface area contributed by atoms with E-state index in [9.17, 15) is 20.4 Å². The first-order valence-electron chi connectivity index (χ1n) is 8.31. The van der Waals surface area contributed by atoms with Crippen molar-refractivity contribution in [2.45, 2.75) is 76.8 Å². The summed E-state index contributed by atoms with van der Waals surface area (Å²) in [5.41, 5.74) is 0. The van der Waals surface area contributed by atoms with E-state index in [1.54, 1.807) is 0 Å². The van der Waals surface area contributed by atoms with Crippen LogP contribution in [-0.2, 0) is 9.47 Å². The summed E-state index contributed by atoms with van der Waals surface area (Å²) in [5, 5.41) is 39.0. The van der Waals surface area contributed by atoms with Crippen LogP contribution in [0.2, 0.25) is 0 Å². The summed E-state index contributed by atoms with van der Waals surface area (Å²) < 4.78 is 11.4. The average molecular weight is 318 g/mol. The highest BCUT2D eigenvalue weighted by Gasteiger charge is 2.46. The van der Waals surface area contributed by atoms with E-state index < -0.39 is 37.3 Å². The molecule has 130 valence electrons. The molecule has 0 aromatic carbocycles. The molecule has 0 amide bonds. The Kier molecular flexibility index (Phi) is 6.22. The molecule has 22 heavy (non-hydrogen) atoms. The average Bonchev–Trinajstić information content (AvgIpc) is 2.47. The highest BCUT2D eigenvalue weighted by Crippen LogP contribution is 2.37. The third kappa shape index (κ3) is 3.80. The Labute approximate surface area is 132 Å². The molecule has 2 aliphatic rings. The lowest BCUT2D eigenvalue weighted by Gasteiger charge is -2.44. The Morgan fingerprint density at radius 1 is 1.09 bits per heavy atom. The van der Waals surface area contributed by atoms with Gasteiger partial charge < -0.3 is 29.9 Å². The van der Waals surface area contributed by atoms with E-state index in [0.717, 1.165) is 19.3 Å². The van der Waals surface area contributed by atoms with Gasteiger partial charge in [0.15, 0.2) is 6.29 Å². The van der Waals surface area contributed by atoms with E-state index in [4.69, 9.17) is 9.47 Å². The van der Waals surface area contributed by atoms with Crippen LogP contribution in [0.4, 0.5) is 0 Å². The van der Waals surface area contributed by atoms with E-state index in [-0.39, 0.29) is 6.10 Å². The molecule has 6 nitrogen and oxygen atoms in total. The van der Waals surface area contributed by atoms with Crippen molar-refractivity contribution in [3.63, 3.8) is 0 Å². The van der Waals surface area contributed by atoms with Gasteiger partial charge in [0.2, 0.25) is 0 Å². The van der Waals surface area contributed by atoms with Crippen molar-refractivity contribution in [3.8, 4) is 0 Å². The van der Waals surface area contributed by atoms with Crippen molar-refractivity contribution in [3.05, 3.63) is 0 Å². The van der Waals surface area contributed by atoms with Gasteiger partial charge in [-0.25, -0.2) is 0 Å². The quantitative estimate of drug-likeness (QED) is 0.593. The van der Waals surface area contributed by atoms with Crippen LogP contribution in [0.1, 0.15) is 40.0 Å². The van der Waals surface area contributed by atoms with Crippen LogP contribution in [-0.4, -0.2) is 63.8 Å². The van der Waals surface area contributed by atoms with Crippen LogP contribution in [0.5, 0.6) is 0 Å². The van der Waals surface area contributed by atoms with Gasteiger partial charge >= 0.3 is 0 Å². The lowest BCUT2D eigenvalue weighted by Crippen LogP contribution is -2.60. The second kappa shape index (κ2) is 7.55. The topological polar surface area (TPSA) is 99.4 Å². The lowest BCUT2D eigenvalue weighted by molar-refractivity contribution is -0.318. The fourth-order valence-corrected chi connectivity index (χ4v) is 3.62. The minimum absolute atomic E-state index is 0.0508. The van der Waals surface area contributed by atoms with Gasteiger partial charge in [0.05, 0.1) is 12.7 Å². The molecule has 0 spiro atoms. The number of hydrogen-bond acceptors (Lipinski definition) is 6. The summed E-state index contributed by atoms with van der Waals surface area (Å²) in [6.07, 6.45) is -2.90. The molecule has 3 unspecified atom stereocenters. The molecule has 0 bridgehead atoms. The van der Waals surface area contributed by atoms with Crippen LogP contribution in [0.25, 0.3) is 0 Å². The Hall–Kier alpha value is -0.240. The van der Waals surface area contributed by atoms with Crippen LogP contribution in [0.3, 0.4) is 0 Å². The highest BCUT2D eigenvalue weighted by atomic mass is 16.7. The first-order valence-corrected chi connectivity index (χ1v) is 8.31. The van der Waals surface area contributed by atoms with Crippen molar-refractivity contribution in [2.24, 2.45) is 17.8 Å². The van der Waals surface area contributed by atoms with E-state index in [1.165, 1.54) is 0 Å². The summed E-state index contributed by atoms with van der Waals surface area (Å²) >= 11 is 0. The molecule has 0 radical (unpaired) electrons. The maximum atomic E-state index is 10.1. The molecule has 8 atom stereocenters. The summed E-state index contributed by atoms with van der Waals surface area (Å²) in [5.74, 6) is 1.39. The molecule has 2 rings (SSSR count). The molecule has 0 aromatic heterocycles. The van der Waals surface area contributed by atoms with Crippen LogP contribution in [0, 0.1) is 17.8 Å². The maximum Gasteiger partial charge on any atom is 0.186 e. The minimum Gasteiger partial charge on any atom is -0.394 e. The third-order valence-corrected chi connectivity index (χ3v) is 5.12. The molecule has 0 aromatic rings. The fraction of sp³-hybridized carbons (Fsp3) is 1.00. The molecule has 1 aliphatic carbocycles. The van der Waals surface area contributed by atoms with Crippen molar-refractivity contribution >= 4 is 0 Å². The van der Waals surface area contributed by atoms with Crippen LogP contribution >= 0.6 is 0 Å². The van der Waals surface area contributed by atoms with E-state index in [1.807, 2.05) is 0 Å². The number of hydrogen-bond donors (Lipinski definition) is 4. The predicted octanol–water partition coefficient (Wildman–Crippen LogP) is 0.264. The first kappa shape index (κ1) is 18.1. The van der Waals surface area contributed by atoms with Gasteiger partial charge in [-0.15, -0.1) is 0 Å². The lowest BCUT2D eigenvalue weighted by atomic mass is 9.75. The number of rotatable bonds is 4. The second-order valence-electron chi connectivity index (χ2n) is 7.20. The molecule has 1 saturated carbocycles. The third-order valence-electron chi connectivity index (χ3n) is 5.12. The van der Waals surface area contributed by atoms with Crippen molar-refractivity contribution in [1.82, 2.24) is 0 Å². The van der Waals surface area contributed by atoms with Crippen LogP contribution in [0.15, 0.2) is 0 Å². The van der Waals surface area contributed by atoms with Crippen LogP contribution < -0.4 is 0 Å². The largest absolute Gasteiger partial charge is 0.394 e. The van der Waals surface area contributed by atoms with Gasteiger partial charge in [0.25, 0.3) is 0 Å².